The Morgan fingerprint density at radius 2 is 1.24 bits per heavy atom. The second-order valence-corrected chi connectivity index (χ2v) is 14.2. The van der Waals surface area contributed by atoms with Crippen LogP contribution in [0.4, 0.5) is 0 Å². The van der Waals surface area contributed by atoms with Gasteiger partial charge in [0.25, 0.3) is 0 Å². The highest BCUT2D eigenvalue weighted by Crippen LogP contribution is 2.23. The molecule has 21 nitrogen and oxygen atoms in total. The number of rotatable bonds is 22. The minimum absolute atomic E-state index is 0.0544. The zero-order valence-corrected chi connectivity index (χ0v) is 31.4. The molecule has 0 aromatic rings. The number of hydrogen-bond acceptors (Lipinski definition) is 12. The number of hydrogen-bond donors (Lipinski definition) is 10. The van der Waals surface area contributed by atoms with Gasteiger partial charge in [0, 0.05) is 19.5 Å². The lowest BCUT2D eigenvalue weighted by Crippen LogP contribution is -2.61. The van der Waals surface area contributed by atoms with E-state index in [9.17, 15) is 58.5 Å². The van der Waals surface area contributed by atoms with Crippen LogP contribution in [0.1, 0.15) is 85.0 Å². The van der Waals surface area contributed by atoms with Crippen molar-refractivity contribution in [2.75, 3.05) is 19.6 Å². The van der Waals surface area contributed by atoms with Gasteiger partial charge in [-0.25, -0.2) is 4.79 Å². The number of nitrogens with zero attached hydrogens (tertiary/aromatic N) is 2. The Labute approximate surface area is 318 Å². The van der Waals surface area contributed by atoms with Crippen molar-refractivity contribution >= 4 is 53.4 Å². The van der Waals surface area contributed by atoms with Gasteiger partial charge >= 0.3 is 17.9 Å². The van der Waals surface area contributed by atoms with E-state index < -0.39 is 121 Å². The van der Waals surface area contributed by atoms with E-state index in [0.717, 1.165) is 4.90 Å². The summed E-state index contributed by atoms with van der Waals surface area (Å²) in [6.07, 6.45) is -1.000. The molecule has 2 aliphatic rings. The first-order valence-electron chi connectivity index (χ1n) is 18.4. The Balaban J connectivity index is 2.21. The molecule has 0 aromatic carbocycles. The lowest BCUT2D eigenvalue weighted by molar-refractivity contribution is -0.146. The molecule has 2 rings (SSSR count). The van der Waals surface area contributed by atoms with Crippen molar-refractivity contribution in [2.24, 2.45) is 17.4 Å². The molecule has 0 aromatic heterocycles. The quantitative estimate of drug-likeness (QED) is 0.0484. The standard InChI is InChI=1S/C34H56N8O13/c1-17(2)26(39-31(51)23-10-7-15-42(23)33(53)27(18(3)43)40-28(48)19(36)16-25(46)47)32(52)41-14-6-9-22(41)30(50)37-20(11-12-24(44)45)29(49)38-21(34(54)55)8-4-5-13-35/h17-23,26-27,43H,4-16,35-36H2,1-3H3,(H,37,50)(H,38,49)(H,39,51)(H,40,48)(H,44,45)(H,46,47)(H,54,55). The predicted octanol–water partition coefficient (Wildman–Crippen LogP) is -3.18. The number of nitrogens with one attached hydrogen (secondary N) is 4. The number of amides is 6. The highest BCUT2D eigenvalue weighted by atomic mass is 16.4. The third-order valence-corrected chi connectivity index (χ3v) is 9.53. The highest BCUT2D eigenvalue weighted by Gasteiger charge is 2.43. The van der Waals surface area contributed by atoms with E-state index >= 15 is 0 Å². The number of aliphatic hydroxyl groups is 1. The van der Waals surface area contributed by atoms with Crippen LogP contribution >= 0.6 is 0 Å². The minimum atomic E-state index is -1.56. The van der Waals surface area contributed by atoms with Crippen molar-refractivity contribution in [2.45, 2.75) is 133 Å². The molecule has 310 valence electrons. The molecule has 2 heterocycles. The maximum Gasteiger partial charge on any atom is 0.326 e. The van der Waals surface area contributed by atoms with E-state index in [0.29, 0.717) is 32.2 Å². The van der Waals surface area contributed by atoms with Crippen LogP contribution < -0.4 is 32.7 Å². The Kier molecular flexibility index (Phi) is 18.4. The van der Waals surface area contributed by atoms with Crippen molar-refractivity contribution in [3.05, 3.63) is 0 Å². The van der Waals surface area contributed by atoms with Gasteiger partial charge in [-0.05, 0) is 70.8 Å². The molecule has 0 radical (unpaired) electrons. The third kappa shape index (κ3) is 13.7. The molecule has 0 saturated carbocycles. The fraction of sp³-hybridized carbons (Fsp3) is 0.735. The summed E-state index contributed by atoms with van der Waals surface area (Å²) in [5.41, 5.74) is 11.1. The predicted molar refractivity (Wildman–Crippen MR) is 191 cm³/mol. The van der Waals surface area contributed by atoms with Crippen molar-refractivity contribution in [3.8, 4) is 0 Å². The van der Waals surface area contributed by atoms with Crippen LogP contribution in [0.2, 0.25) is 0 Å². The van der Waals surface area contributed by atoms with Crippen LogP contribution in [0.5, 0.6) is 0 Å². The van der Waals surface area contributed by atoms with Gasteiger partial charge in [-0.1, -0.05) is 13.8 Å². The average molecular weight is 785 g/mol. The van der Waals surface area contributed by atoms with E-state index in [-0.39, 0.29) is 38.8 Å². The normalized spacial score (nSPS) is 20.1. The molecule has 2 fully saturated rings. The zero-order chi connectivity index (χ0) is 41.6. The van der Waals surface area contributed by atoms with E-state index in [1.54, 1.807) is 13.8 Å². The first-order chi connectivity index (χ1) is 25.8. The molecule has 2 aliphatic heterocycles. The molecule has 21 heteroatoms. The van der Waals surface area contributed by atoms with Gasteiger partial charge in [-0.15, -0.1) is 0 Å². The van der Waals surface area contributed by atoms with Gasteiger partial charge in [0.05, 0.1) is 18.6 Å². The topological polar surface area (TPSA) is 341 Å². The summed E-state index contributed by atoms with van der Waals surface area (Å²) in [5.74, 6) is -9.28. The van der Waals surface area contributed by atoms with Crippen LogP contribution in [0.25, 0.3) is 0 Å². The smallest absolute Gasteiger partial charge is 0.326 e. The molecule has 12 N–H and O–H groups in total. The number of nitrogens with two attached hydrogens (primary N) is 2. The summed E-state index contributed by atoms with van der Waals surface area (Å²) >= 11 is 0. The zero-order valence-electron chi connectivity index (χ0n) is 31.4. The number of likely N-dealkylation sites (tertiary alicyclic amines) is 2. The average Bonchev–Trinajstić information content (AvgIpc) is 3.80. The third-order valence-electron chi connectivity index (χ3n) is 9.53. The minimum Gasteiger partial charge on any atom is -0.481 e. The highest BCUT2D eigenvalue weighted by molar-refractivity contribution is 5.98. The molecule has 6 amide bonds. The van der Waals surface area contributed by atoms with Crippen LogP contribution in [0.3, 0.4) is 0 Å². The van der Waals surface area contributed by atoms with E-state index in [4.69, 9.17) is 16.6 Å². The van der Waals surface area contributed by atoms with Crippen LogP contribution in [-0.4, -0.2) is 152 Å². The van der Waals surface area contributed by atoms with Gasteiger partial charge in [0.15, 0.2) is 0 Å². The number of unbranched alkanes of at least 4 members (excludes halogenated alkanes) is 1. The Morgan fingerprint density at radius 3 is 1.71 bits per heavy atom. The lowest BCUT2D eigenvalue weighted by atomic mass is 10.0. The van der Waals surface area contributed by atoms with E-state index in [2.05, 4.69) is 21.3 Å². The van der Waals surface area contributed by atoms with Crippen LogP contribution in [0.15, 0.2) is 0 Å². The molecule has 0 aliphatic carbocycles. The maximum atomic E-state index is 14.0. The summed E-state index contributed by atoms with van der Waals surface area (Å²) in [7, 11) is 0. The largest absolute Gasteiger partial charge is 0.481 e. The number of carboxylic acid groups (broad SMARTS) is 3. The molecule has 2 saturated heterocycles. The van der Waals surface area contributed by atoms with Crippen LogP contribution in [0, 0.1) is 5.92 Å². The fourth-order valence-corrected chi connectivity index (χ4v) is 6.48. The number of carbonyl (C=O) groups excluding carboxylic acids is 6. The molecular formula is C34H56N8O13. The van der Waals surface area contributed by atoms with Crippen molar-refractivity contribution in [3.63, 3.8) is 0 Å². The summed E-state index contributed by atoms with van der Waals surface area (Å²) in [4.78, 5) is 117. The summed E-state index contributed by atoms with van der Waals surface area (Å²) < 4.78 is 0. The number of carbonyl (C=O) groups is 9. The van der Waals surface area contributed by atoms with Crippen LogP contribution in [-0.2, 0) is 43.2 Å². The van der Waals surface area contributed by atoms with Gasteiger partial charge in [-0.3, -0.25) is 38.4 Å². The van der Waals surface area contributed by atoms with Crippen molar-refractivity contribution in [1.82, 2.24) is 31.1 Å². The molecule has 55 heavy (non-hydrogen) atoms. The van der Waals surface area contributed by atoms with Gasteiger partial charge in [-0.2, -0.15) is 0 Å². The maximum absolute atomic E-state index is 14.0. The monoisotopic (exact) mass is 784 g/mol. The SMILES string of the molecule is CC(C)C(NC(=O)C1CCCN1C(=O)C(NC(=O)C(N)CC(=O)O)C(C)O)C(=O)N1CCCC1C(=O)NC(CCC(=O)O)C(=O)NC(CCCCN)C(=O)O. The number of aliphatic hydroxyl groups excluding tert-OH is 1. The Morgan fingerprint density at radius 1 is 0.691 bits per heavy atom. The van der Waals surface area contributed by atoms with Gasteiger partial charge in [0.2, 0.25) is 35.4 Å². The fourth-order valence-electron chi connectivity index (χ4n) is 6.48. The summed E-state index contributed by atoms with van der Waals surface area (Å²) in [5, 5.41) is 47.9. The van der Waals surface area contributed by atoms with Gasteiger partial charge in [0.1, 0.15) is 36.3 Å². The molecule has 8 unspecified atom stereocenters. The molecule has 0 spiro atoms. The van der Waals surface area contributed by atoms with E-state index in [1.807, 2.05) is 0 Å². The molecular weight excluding hydrogens is 728 g/mol. The van der Waals surface area contributed by atoms with E-state index in [1.165, 1.54) is 11.8 Å². The second kappa shape index (κ2) is 21.9. The van der Waals surface area contributed by atoms with Crippen molar-refractivity contribution < 1.29 is 63.6 Å². The number of aliphatic carboxylic acids is 3. The lowest BCUT2D eigenvalue weighted by Gasteiger charge is -2.34. The van der Waals surface area contributed by atoms with Crippen molar-refractivity contribution in [1.29, 1.82) is 0 Å². The summed E-state index contributed by atoms with van der Waals surface area (Å²) in [6, 6.07) is -9.22. The Bertz CT molecular complexity index is 1430. The first kappa shape index (κ1) is 46.3. The summed E-state index contributed by atoms with van der Waals surface area (Å²) in [6.45, 7) is 5.04. The Hall–Kier alpha value is -4.89. The number of carboxylic acids is 3. The molecule has 0 bridgehead atoms. The second-order valence-electron chi connectivity index (χ2n) is 14.2. The first-order valence-corrected chi connectivity index (χ1v) is 18.4. The van der Waals surface area contributed by atoms with Gasteiger partial charge < -0.3 is 63.0 Å². The molecule has 8 atom stereocenters.